The molecule has 0 radical (unpaired) electrons. The number of rotatable bonds is 19. The normalized spacial score (nSPS) is 14.6. The van der Waals surface area contributed by atoms with Crippen molar-refractivity contribution in [2.24, 2.45) is 27.9 Å². The average Bonchev–Trinajstić information content (AvgIpc) is 3.25. The van der Waals surface area contributed by atoms with Crippen LogP contribution in [-0.4, -0.2) is 103 Å². The maximum atomic E-state index is 14.5. The van der Waals surface area contributed by atoms with Crippen LogP contribution in [0.4, 0.5) is 14.4 Å². The lowest BCUT2D eigenvalue weighted by atomic mass is 9.85. The summed E-state index contributed by atoms with van der Waals surface area (Å²) in [6.07, 6.45) is -4.03. The summed E-state index contributed by atoms with van der Waals surface area (Å²) in [4.78, 5) is 85.7. The summed E-state index contributed by atoms with van der Waals surface area (Å²) in [6.45, 7) is 18.9. The summed E-state index contributed by atoms with van der Waals surface area (Å²) in [6, 6.07) is 17.7. The quantitative estimate of drug-likeness (QED) is 0.0386. The number of alkyl carbamates (subject to hydrolysis) is 2. The molecule has 0 fully saturated rings. The summed E-state index contributed by atoms with van der Waals surface area (Å²) in [5.41, 5.74) is 9.40. The predicted octanol–water partition coefficient (Wildman–Crippen LogP) is 6.27. The molecule has 1 unspecified atom stereocenters. The molecule has 6 atom stereocenters. The van der Waals surface area contributed by atoms with E-state index in [4.69, 9.17) is 29.4 Å². The van der Waals surface area contributed by atoms with Gasteiger partial charge in [0.1, 0.15) is 24.2 Å². The molecule has 0 bridgehead atoms. The van der Waals surface area contributed by atoms with Gasteiger partial charge in [-0.1, -0.05) is 137 Å². The van der Waals surface area contributed by atoms with E-state index in [1.165, 1.54) is 19.2 Å². The number of ether oxygens (including phenoxy) is 5. The van der Waals surface area contributed by atoms with E-state index in [9.17, 15) is 28.8 Å². The van der Waals surface area contributed by atoms with Gasteiger partial charge in [0.05, 0.1) is 32.5 Å². The molecule has 0 aliphatic rings. The van der Waals surface area contributed by atoms with Gasteiger partial charge in [0, 0.05) is 23.7 Å². The van der Waals surface area contributed by atoms with Gasteiger partial charge < -0.3 is 45.4 Å². The SMILES string of the molecule is COC(=O)N[C@H](C(=O)N[C@@H](Cc1ccccc1)[C@H](CN(Cc1ccc(-c2ccccn2)cc1)NC(=O)[C@@H](NC(=O)OC)C(C)(C)C)OC(=O)OC(OC(=O)[C@@H](N)C(C)C)C(C)(C)C)C(C)(C)C. The highest BCUT2D eigenvalue weighted by molar-refractivity contribution is 5.87. The number of aromatic nitrogens is 1. The maximum absolute atomic E-state index is 14.5. The molecule has 0 aliphatic carbocycles. The summed E-state index contributed by atoms with van der Waals surface area (Å²) in [5.74, 6) is -2.35. The van der Waals surface area contributed by atoms with E-state index in [-0.39, 0.29) is 25.4 Å². The number of nitrogens with one attached hydrogen (secondary N) is 4. The molecule has 2 aromatic carbocycles. The Kier molecular flexibility index (Phi) is 20.1. The number of nitrogens with zero attached hydrogens (tertiary/aromatic N) is 2. The Bertz CT molecular complexity index is 2080. The molecule has 368 valence electrons. The van der Waals surface area contributed by atoms with E-state index < -0.39 is 88.9 Å². The van der Waals surface area contributed by atoms with Crippen LogP contribution in [-0.2, 0) is 51.0 Å². The molecule has 3 aromatic rings. The van der Waals surface area contributed by atoms with Crippen LogP contribution in [0.1, 0.15) is 87.3 Å². The van der Waals surface area contributed by atoms with E-state index in [1.54, 1.807) is 94.5 Å². The Labute approximate surface area is 394 Å². The minimum Gasteiger partial charge on any atom is -0.453 e. The van der Waals surface area contributed by atoms with Crippen LogP contribution >= 0.6 is 0 Å². The Morgan fingerprint density at radius 2 is 1.21 bits per heavy atom. The lowest BCUT2D eigenvalue weighted by Gasteiger charge is -2.37. The van der Waals surface area contributed by atoms with Gasteiger partial charge in [0.15, 0.2) is 0 Å². The van der Waals surface area contributed by atoms with Gasteiger partial charge >= 0.3 is 24.3 Å². The molecule has 1 heterocycles. The molecule has 18 heteroatoms. The number of carbonyl (C=O) groups is 6. The van der Waals surface area contributed by atoms with Crippen molar-refractivity contribution in [2.75, 3.05) is 20.8 Å². The fourth-order valence-corrected chi connectivity index (χ4v) is 6.56. The van der Waals surface area contributed by atoms with Gasteiger partial charge in [-0.25, -0.2) is 19.4 Å². The van der Waals surface area contributed by atoms with Crippen molar-refractivity contribution in [1.29, 1.82) is 0 Å². The minimum absolute atomic E-state index is 0.00800. The highest BCUT2D eigenvalue weighted by Crippen LogP contribution is 2.27. The highest BCUT2D eigenvalue weighted by atomic mass is 16.8. The first-order valence-electron chi connectivity index (χ1n) is 22.2. The second-order valence-electron chi connectivity index (χ2n) is 19.9. The second-order valence-corrected chi connectivity index (χ2v) is 19.9. The number of methoxy groups -OCH3 is 2. The number of amides is 4. The topological polar surface area (TPSA) is 239 Å². The first-order chi connectivity index (χ1) is 31.2. The molecular weight excluding hydrogens is 863 g/mol. The number of pyridine rings is 1. The van der Waals surface area contributed by atoms with Crippen molar-refractivity contribution in [3.8, 4) is 11.3 Å². The number of hydrazine groups is 1. The molecule has 1 aromatic heterocycles. The van der Waals surface area contributed by atoms with Gasteiger partial charge in [0.2, 0.25) is 5.91 Å². The Hall–Kier alpha value is -6.27. The van der Waals surface area contributed by atoms with E-state index in [2.05, 4.69) is 26.4 Å². The van der Waals surface area contributed by atoms with Crippen LogP contribution < -0.4 is 27.1 Å². The van der Waals surface area contributed by atoms with Crippen LogP contribution in [0.2, 0.25) is 0 Å². The third-order valence-electron chi connectivity index (χ3n) is 10.6. The van der Waals surface area contributed by atoms with Crippen LogP contribution in [0.3, 0.4) is 0 Å². The van der Waals surface area contributed by atoms with Crippen LogP contribution in [0.5, 0.6) is 0 Å². The molecule has 0 aliphatic heterocycles. The van der Waals surface area contributed by atoms with E-state index in [1.807, 2.05) is 60.7 Å². The summed E-state index contributed by atoms with van der Waals surface area (Å²) in [7, 11) is 2.37. The van der Waals surface area contributed by atoms with Crippen molar-refractivity contribution in [2.45, 2.75) is 126 Å². The van der Waals surface area contributed by atoms with Crippen LogP contribution in [0, 0.1) is 22.2 Å². The molecule has 0 spiro atoms. The summed E-state index contributed by atoms with van der Waals surface area (Å²) in [5, 5.41) is 9.74. The number of carbonyl (C=O) groups excluding carboxylic acids is 6. The number of hydrogen-bond donors (Lipinski definition) is 5. The second kappa shape index (κ2) is 24.5. The lowest BCUT2D eigenvalue weighted by Crippen LogP contribution is -2.61. The molecule has 0 saturated carbocycles. The summed E-state index contributed by atoms with van der Waals surface area (Å²) < 4.78 is 27.3. The average molecular weight is 934 g/mol. The number of benzene rings is 2. The van der Waals surface area contributed by atoms with E-state index in [0.29, 0.717) is 5.56 Å². The molecule has 6 N–H and O–H groups in total. The lowest BCUT2D eigenvalue weighted by molar-refractivity contribution is -0.196. The Morgan fingerprint density at radius 1 is 0.657 bits per heavy atom. The van der Waals surface area contributed by atoms with Gasteiger partial charge in [-0.2, -0.15) is 0 Å². The van der Waals surface area contributed by atoms with Crippen molar-refractivity contribution >= 4 is 36.1 Å². The molecule has 18 nitrogen and oxygen atoms in total. The van der Waals surface area contributed by atoms with Gasteiger partial charge in [0.25, 0.3) is 12.2 Å². The first-order valence-corrected chi connectivity index (χ1v) is 22.2. The van der Waals surface area contributed by atoms with Crippen molar-refractivity contribution in [3.05, 3.63) is 90.1 Å². The zero-order chi connectivity index (χ0) is 50.3. The predicted molar refractivity (Wildman–Crippen MR) is 251 cm³/mol. The van der Waals surface area contributed by atoms with Gasteiger partial charge in [-0.15, -0.1) is 0 Å². The molecule has 4 amide bonds. The van der Waals surface area contributed by atoms with E-state index >= 15 is 0 Å². The van der Waals surface area contributed by atoms with Crippen molar-refractivity contribution in [1.82, 2.24) is 31.4 Å². The van der Waals surface area contributed by atoms with Crippen molar-refractivity contribution in [3.63, 3.8) is 0 Å². The zero-order valence-electron chi connectivity index (χ0n) is 41.1. The third-order valence-corrected chi connectivity index (χ3v) is 10.6. The number of nitrogens with two attached hydrogens (primary N) is 1. The number of hydrogen-bond acceptors (Lipinski definition) is 14. The van der Waals surface area contributed by atoms with Crippen molar-refractivity contribution < 1.29 is 52.5 Å². The Balaban J connectivity index is 2.24. The zero-order valence-corrected chi connectivity index (χ0v) is 41.1. The smallest absolute Gasteiger partial charge is 0.453 e. The standard InChI is InChI=1S/C49H71N7O11/c1-30(2)37(50)42(59)66-43(49(9,10)11)67-46(62)65-36(35(27-31-19-15-14-16-20-31)52-40(57)38(47(3,4)5)53-44(60)63-12)29-56(55-41(58)39(48(6,7)8)54-45(61)64-13)28-32-22-24-33(25-23-32)34-21-17-18-26-51-34/h14-26,30,35-39,43H,27-29,50H2,1-13H3,(H,52,57)(H,53,60)(H,54,61)(H,55,58)/t35-,36-,37-,38+,39+,43?/m0/s1. The maximum Gasteiger partial charge on any atom is 0.511 e. The third kappa shape index (κ3) is 17.8. The largest absolute Gasteiger partial charge is 0.511 e. The summed E-state index contributed by atoms with van der Waals surface area (Å²) >= 11 is 0. The minimum atomic E-state index is -1.47. The number of esters is 1. The van der Waals surface area contributed by atoms with Crippen LogP contribution in [0.25, 0.3) is 11.3 Å². The first kappa shape index (κ1) is 55.1. The van der Waals surface area contributed by atoms with E-state index in [0.717, 1.165) is 16.8 Å². The fraction of sp³-hybridized carbons (Fsp3) is 0.531. The molecule has 67 heavy (non-hydrogen) atoms. The fourth-order valence-electron chi connectivity index (χ4n) is 6.56. The van der Waals surface area contributed by atoms with Crippen LogP contribution in [0.15, 0.2) is 79.0 Å². The molecule has 0 saturated heterocycles. The Morgan fingerprint density at radius 3 is 1.70 bits per heavy atom. The molecular formula is C49H71N7O11. The monoisotopic (exact) mass is 934 g/mol. The highest BCUT2D eigenvalue weighted by Gasteiger charge is 2.41. The molecule has 3 rings (SSSR count). The van der Waals surface area contributed by atoms with Gasteiger partial charge in [-0.3, -0.25) is 24.8 Å². The van der Waals surface area contributed by atoms with Gasteiger partial charge in [-0.05, 0) is 46.4 Å².